The first kappa shape index (κ1) is 19.3. The molecule has 0 bridgehead atoms. The van der Waals surface area contributed by atoms with Gasteiger partial charge in [-0.2, -0.15) is 0 Å². The van der Waals surface area contributed by atoms with Gasteiger partial charge in [-0.25, -0.2) is 4.79 Å². The van der Waals surface area contributed by atoms with Gasteiger partial charge in [0.2, 0.25) is 0 Å². The minimum Gasteiger partial charge on any atom is -0.496 e. The summed E-state index contributed by atoms with van der Waals surface area (Å²) in [6.45, 7) is 3.67. The van der Waals surface area contributed by atoms with E-state index < -0.39 is 5.97 Å². The van der Waals surface area contributed by atoms with Gasteiger partial charge >= 0.3 is 5.97 Å². The van der Waals surface area contributed by atoms with Gasteiger partial charge in [-0.1, -0.05) is 42.5 Å². The highest BCUT2D eigenvalue weighted by atomic mass is 35.5. The first-order chi connectivity index (χ1) is 12.6. The SMILES string of the molecule is C=CCON=C(OC(=O)c1ccccc1)c1c(OC)ccc(Cl)c1OC. The standard InChI is InChI=1S/C19H18ClNO5/c1-4-12-25-21-18(26-19(22)13-8-6-5-7-9-13)16-15(23-2)11-10-14(20)17(16)24-3/h4-11H,1,12H2,2-3H3. The van der Waals surface area contributed by atoms with Gasteiger partial charge in [-0.15, -0.1) is 0 Å². The Balaban J connectivity index is 2.49. The molecule has 0 heterocycles. The monoisotopic (exact) mass is 375 g/mol. The summed E-state index contributed by atoms with van der Waals surface area (Å²) in [6, 6.07) is 11.7. The van der Waals surface area contributed by atoms with Crippen LogP contribution in [0.25, 0.3) is 0 Å². The number of esters is 1. The first-order valence-corrected chi connectivity index (χ1v) is 7.99. The van der Waals surface area contributed by atoms with Crippen molar-refractivity contribution in [1.29, 1.82) is 0 Å². The van der Waals surface area contributed by atoms with Gasteiger partial charge in [0, 0.05) is 0 Å². The molecule has 0 unspecified atom stereocenters. The molecular formula is C19H18ClNO5. The number of hydrogen-bond acceptors (Lipinski definition) is 6. The Kier molecular flexibility index (Phi) is 7.05. The van der Waals surface area contributed by atoms with E-state index in [1.807, 2.05) is 0 Å². The molecule has 0 spiro atoms. The normalized spacial score (nSPS) is 10.8. The molecule has 7 heteroatoms. The lowest BCUT2D eigenvalue weighted by atomic mass is 10.1. The third kappa shape index (κ3) is 4.55. The van der Waals surface area contributed by atoms with Gasteiger partial charge < -0.3 is 19.0 Å². The molecule has 26 heavy (non-hydrogen) atoms. The fourth-order valence-electron chi connectivity index (χ4n) is 2.10. The Morgan fingerprint density at radius 3 is 2.50 bits per heavy atom. The molecule has 0 fully saturated rings. The highest BCUT2D eigenvalue weighted by molar-refractivity contribution is 6.33. The van der Waals surface area contributed by atoms with Crippen molar-refractivity contribution in [3.8, 4) is 11.5 Å². The molecule has 0 N–H and O–H groups in total. The van der Waals surface area contributed by atoms with Crippen molar-refractivity contribution < 1.29 is 23.8 Å². The smallest absolute Gasteiger partial charge is 0.344 e. The number of hydrogen-bond donors (Lipinski definition) is 0. The Hall–Kier alpha value is -2.99. The second-order valence-corrected chi connectivity index (χ2v) is 5.30. The Morgan fingerprint density at radius 1 is 1.15 bits per heavy atom. The number of halogens is 1. The number of ether oxygens (including phenoxy) is 3. The number of rotatable bonds is 7. The second kappa shape index (κ2) is 9.48. The average molecular weight is 376 g/mol. The van der Waals surface area contributed by atoms with Gasteiger partial charge in [0.25, 0.3) is 5.90 Å². The molecule has 0 radical (unpaired) electrons. The third-order valence-electron chi connectivity index (χ3n) is 3.25. The lowest BCUT2D eigenvalue weighted by molar-refractivity contribution is 0.0697. The zero-order chi connectivity index (χ0) is 18.9. The first-order valence-electron chi connectivity index (χ1n) is 7.61. The average Bonchev–Trinajstić information content (AvgIpc) is 2.67. The summed E-state index contributed by atoms with van der Waals surface area (Å²) in [6.07, 6.45) is 1.51. The molecular weight excluding hydrogens is 358 g/mol. The van der Waals surface area contributed by atoms with Crippen LogP contribution in [0.15, 0.2) is 60.3 Å². The highest BCUT2D eigenvalue weighted by Gasteiger charge is 2.24. The van der Waals surface area contributed by atoms with E-state index in [1.54, 1.807) is 42.5 Å². The largest absolute Gasteiger partial charge is 0.496 e. The predicted octanol–water partition coefficient (Wildman–Crippen LogP) is 4.08. The molecule has 136 valence electrons. The molecule has 6 nitrogen and oxygen atoms in total. The van der Waals surface area contributed by atoms with Gasteiger partial charge in [0.15, 0.2) is 5.75 Å². The molecule has 0 aliphatic heterocycles. The summed E-state index contributed by atoms with van der Waals surface area (Å²) >= 11 is 6.18. The maximum atomic E-state index is 12.5. The number of carbonyl (C=O) groups is 1. The van der Waals surface area contributed by atoms with Crippen molar-refractivity contribution in [2.24, 2.45) is 5.16 Å². The molecule has 0 aliphatic rings. The van der Waals surface area contributed by atoms with Crippen LogP contribution < -0.4 is 9.47 Å². The van der Waals surface area contributed by atoms with E-state index in [0.29, 0.717) is 16.3 Å². The van der Waals surface area contributed by atoms with Crippen molar-refractivity contribution in [1.82, 2.24) is 0 Å². The molecule has 0 atom stereocenters. The van der Waals surface area contributed by atoms with E-state index in [0.717, 1.165) is 0 Å². The summed E-state index contributed by atoms with van der Waals surface area (Å²) in [5, 5.41) is 4.19. The molecule has 0 saturated heterocycles. The van der Waals surface area contributed by atoms with Crippen molar-refractivity contribution in [3.05, 3.63) is 71.3 Å². The lowest BCUT2D eigenvalue weighted by Gasteiger charge is -2.15. The van der Waals surface area contributed by atoms with Gasteiger partial charge in [-0.05, 0) is 29.4 Å². The van der Waals surface area contributed by atoms with Crippen LogP contribution in [0.2, 0.25) is 5.02 Å². The molecule has 2 aromatic carbocycles. The van der Waals surface area contributed by atoms with Crippen LogP contribution in [-0.4, -0.2) is 32.7 Å². The zero-order valence-electron chi connectivity index (χ0n) is 14.4. The molecule has 0 aliphatic carbocycles. The summed E-state index contributed by atoms with van der Waals surface area (Å²) in [4.78, 5) is 17.6. The zero-order valence-corrected chi connectivity index (χ0v) is 15.2. The maximum absolute atomic E-state index is 12.5. The van der Waals surface area contributed by atoms with E-state index in [1.165, 1.54) is 20.3 Å². The van der Waals surface area contributed by atoms with Crippen LogP contribution in [0.3, 0.4) is 0 Å². The number of methoxy groups -OCH3 is 2. The number of carbonyl (C=O) groups excluding carboxylic acids is 1. The fourth-order valence-corrected chi connectivity index (χ4v) is 2.33. The molecule has 0 aromatic heterocycles. The quantitative estimate of drug-likeness (QED) is 0.182. The van der Waals surface area contributed by atoms with Gasteiger partial charge in [0.1, 0.15) is 17.9 Å². The van der Waals surface area contributed by atoms with E-state index in [2.05, 4.69) is 11.7 Å². The van der Waals surface area contributed by atoms with Gasteiger partial charge in [-0.3, -0.25) is 0 Å². The van der Waals surface area contributed by atoms with Crippen LogP contribution in [-0.2, 0) is 9.57 Å². The van der Waals surface area contributed by atoms with Crippen molar-refractivity contribution in [2.75, 3.05) is 20.8 Å². The van der Waals surface area contributed by atoms with Gasteiger partial charge in [0.05, 0.1) is 24.8 Å². The molecule has 0 amide bonds. The Morgan fingerprint density at radius 2 is 1.88 bits per heavy atom. The van der Waals surface area contributed by atoms with Crippen LogP contribution in [0.4, 0.5) is 0 Å². The van der Waals surface area contributed by atoms with Crippen LogP contribution in [0, 0.1) is 0 Å². The third-order valence-corrected chi connectivity index (χ3v) is 3.55. The second-order valence-electron chi connectivity index (χ2n) is 4.89. The van der Waals surface area contributed by atoms with E-state index in [-0.39, 0.29) is 23.8 Å². The van der Waals surface area contributed by atoms with E-state index in [4.69, 9.17) is 30.6 Å². The van der Waals surface area contributed by atoms with Crippen LogP contribution >= 0.6 is 11.6 Å². The van der Waals surface area contributed by atoms with Crippen LogP contribution in [0.5, 0.6) is 11.5 Å². The highest BCUT2D eigenvalue weighted by Crippen LogP contribution is 2.36. The topological polar surface area (TPSA) is 66.4 Å². The summed E-state index contributed by atoms with van der Waals surface area (Å²) in [5.74, 6) is -0.159. The summed E-state index contributed by atoms with van der Waals surface area (Å²) in [5.41, 5.74) is 0.611. The van der Waals surface area contributed by atoms with Crippen LogP contribution in [0.1, 0.15) is 15.9 Å². The van der Waals surface area contributed by atoms with E-state index in [9.17, 15) is 4.79 Å². The number of oxime groups is 1. The van der Waals surface area contributed by atoms with Crippen molar-refractivity contribution >= 4 is 23.5 Å². The summed E-state index contributed by atoms with van der Waals surface area (Å²) in [7, 11) is 2.90. The molecule has 0 saturated carbocycles. The lowest BCUT2D eigenvalue weighted by Crippen LogP contribution is -2.16. The molecule has 2 rings (SSSR count). The fraction of sp³-hybridized carbons (Fsp3) is 0.158. The molecule has 2 aromatic rings. The Bertz CT molecular complexity index is 805. The number of benzene rings is 2. The van der Waals surface area contributed by atoms with Crippen molar-refractivity contribution in [3.63, 3.8) is 0 Å². The summed E-state index contributed by atoms with van der Waals surface area (Å²) < 4.78 is 16.1. The maximum Gasteiger partial charge on any atom is 0.344 e. The number of nitrogens with zero attached hydrogens (tertiary/aromatic N) is 1. The predicted molar refractivity (Wildman–Crippen MR) is 99.1 cm³/mol. The van der Waals surface area contributed by atoms with Crippen molar-refractivity contribution in [2.45, 2.75) is 0 Å². The van der Waals surface area contributed by atoms with E-state index >= 15 is 0 Å². The Labute approximate surface area is 156 Å². The minimum absolute atomic E-state index is 0.123. The minimum atomic E-state index is -0.615.